The Kier molecular flexibility index (Phi) is 4.62. The van der Waals surface area contributed by atoms with E-state index in [9.17, 15) is 5.26 Å². The van der Waals surface area contributed by atoms with Crippen LogP contribution in [-0.2, 0) is 6.54 Å². The monoisotopic (exact) mass is 281 g/mol. The largest absolute Gasteiger partial charge is 0.385 e. The first-order valence-electron chi connectivity index (χ1n) is 6.98. The van der Waals surface area contributed by atoms with Crippen LogP contribution in [-0.4, -0.2) is 11.1 Å². The Balaban J connectivity index is 2.78. The average Bonchev–Trinajstić information content (AvgIpc) is 2.49. The normalized spacial score (nSPS) is 11.2. The SMILES string of the molecule is CCNc1cc(N)n(CC)c(=Nc2ccccc2)c1C#N. The Morgan fingerprint density at radius 1 is 1.29 bits per heavy atom. The van der Waals surface area contributed by atoms with Crippen LogP contribution in [0, 0.1) is 11.3 Å². The number of nitrogens with two attached hydrogens (primary N) is 1. The zero-order valence-corrected chi connectivity index (χ0v) is 12.3. The number of para-hydroxylation sites is 1. The minimum absolute atomic E-state index is 0.511. The average molecular weight is 281 g/mol. The predicted octanol–water partition coefficient (Wildman–Crippen LogP) is 2.63. The van der Waals surface area contributed by atoms with E-state index in [1.165, 1.54) is 0 Å². The summed E-state index contributed by atoms with van der Waals surface area (Å²) in [5.74, 6) is 0.585. The van der Waals surface area contributed by atoms with Gasteiger partial charge < -0.3 is 15.6 Å². The van der Waals surface area contributed by atoms with Gasteiger partial charge in [0, 0.05) is 19.2 Å². The molecule has 0 saturated carbocycles. The zero-order valence-electron chi connectivity index (χ0n) is 12.3. The van der Waals surface area contributed by atoms with Crippen LogP contribution in [0.3, 0.4) is 0 Å². The van der Waals surface area contributed by atoms with Crippen molar-refractivity contribution in [2.45, 2.75) is 20.4 Å². The molecule has 0 aliphatic heterocycles. The number of nitriles is 1. The van der Waals surface area contributed by atoms with Crippen LogP contribution in [0.15, 0.2) is 41.4 Å². The standard InChI is InChI=1S/C16H19N5/c1-3-19-14-10-15(18)21(4-2)16(13(14)11-17)20-12-8-6-5-7-9-12/h5-10,19H,3-4,18H2,1-2H3. The Morgan fingerprint density at radius 2 is 2.00 bits per heavy atom. The summed E-state index contributed by atoms with van der Waals surface area (Å²) in [4.78, 5) is 4.61. The fourth-order valence-electron chi connectivity index (χ4n) is 2.19. The summed E-state index contributed by atoms with van der Waals surface area (Å²) in [6.07, 6.45) is 0. The molecule has 0 spiro atoms. The predicted molar refractivity (Wildman–Crippen MR) is 85.1 cm³/mol. The molecule has 0 radical (unpaired) electrons. The van der Waals surface area contributed by atoms with E-state index in [2.05, 4.69) is 16.4 Å². The molecule has 0 bridgehead atoms. The smallest absolute Gasteiger partial charge is 0.154 e. The summed E-state index contributed by atoms with van der Waals surface area (Å²) >= 11 is 0. The van der Waals surface area contributed by atoms with Gasteiger partial charge in [-0.3, -0.25) is 0 Å². The number of nitrogens with zero attached hydrogens (tertiary/aromatic N) is 3. The lowest BCUT2D eigenvalue weighted by Gasteiger charge is -2.14. The van der Waals surface area contributed by atoms with Gasteiger partial charge in [0.2, 0.25) is 0 Å². The first-order valence-corrected chi connectivity index (χ1v) is 6.98. The molecule has 0 atom stereocenters. The number of rotatable bonds is 4. The first-order chi connectivity index (χ1) is 10.2. The molecule has 0 saturated heterocycles. The molecule has 21 heavy (non-hydrogen) atoms. The molecule has 2 aromatic rings. The lowest BCUT2D eigenvalue weighted by molar-refractivity contribution is 0.722. The fourth-order valence-corrected chi connectivity index (χ4v) is 2.19. The highest BCUT2D eigenvalue weighted by molar-refractivity contribution is 5.61. The van der Waals surface area contributed by atoms with Crippen LogP contribution in [0.2, 0.25) is 0 Å². The van der Waals surface area contributed by atoms with Crippen molar-refractivity contribution >= 4 is 17.2 Å². The first kappa shape index (κ1) is 14.7. The van der Waals surface area contributed by atoms with Gasteiger partial charge in [-0.2, -0.15) is 5.26 Å². The summed E-state index contributed by atoms with van der Waals surface area (Å²) in [6, 6.07) is 13.6. The van der Waals surface area contributed by atoms with Gasteiger partial charge in [0.25, 0.3) is 0 Å². The number of anilines is 2. The fraction of sp³-hybridized carbons (Fsp3) is 0.250. The van der Waals surface area contributed by atoms with Crippen molar-refractivity contribution in [2.75, 3.05) is 17.6 Å². The molecule has 2 rings (SSSR count). The number of pyridine rings is 1. The van der Waals surface area contributed by atoms with Gasteiger partial charge in [-0.05, 0) is 26.0 Å². The quantitative estimate of drug-likeness (QED) is 0.904. The molecule has 0 amide bonds. The molecule has 1 aromatic heterocycles. The lowest BCUT2D eigenvalue weighted by Crippen LogP contribution is -2.27. The van der Waals surface area contributed by atoms with Gasteiger partial charge in [0.15, 0.2) is 5.49 Å². The van der Waals surface area contributed by atoms with Gasteiger partial charge in [0.1, 0.15) is 17.5 Å². The molecular weight excluding hydrogens is 262 g/mol. The number of nitrogen functional groups attached to an aromatic ring is 1. The van der Waals surface area contributed by atoms with Crippen molar-refractivity contribution in [3.8, 4) is 6.07 Å². The molecule has 108 valence electrons. The van der Waals surface area contributed by atoms with Crippen LogP contribution >= 0.6 is 0 Å². The Hall–Kier alpha value is -2.74. The molecule has 0 fully saturated rings. The summed E-state index contributed by atoms with van der Waals surface area (Å²) in [5.41, 5.74) is 8.70. The zero-order chi connectivity index (χ0) is 15.2. The summed E-state index contributed by atoms with van der Waals surface area (Å²) < 4.78 is 1.84. The summed E-state index contributed by atoms with van der Waals surface area (Å²) in [5, 5.41) is 12.7. The summed E-state index contributed by atoms with van der Waals surface area (Å²) in [6.45, 7) is 5.33. The molecule has 3 N–H and O–H groups in total. The van der Waals surface area contributed by atoms with E-state index in [0.717, 1.165) is 17.9 Å². The minimum atomic E-state index is 0.511. The molecule has 0 unspecified atom stereocenters. The topological polar surface area (TPSA) is 79.1 Å². The molecule has 5 heteroatoms. The minimum Gasteiger partial charge on any atom is -0.385 e. The van der Waals surface area contributed by atoms with Gasteiger partial charge in [-0.1, -0.05) is 18.2 Å². The van der Waals surface area contributed by atoms with Crippen molar-refractivity contribution in [1.29, 1.82) is 5.26 Å². The molecule has 5 nitrogen and oxygen atoms in total. The van der Waals surface area contributed by atoms with Crippen molar-refractivity contribution in [2.24, 2.45) is 4.99 Å². The number of benzene rings is 1. The maximum atomic E-state index is 9.51. The van der Waals surface area contributed by atoms with Crippen LogP contribution < -0.4 is 16.5 Å². The second-order valence-electron chi connectivity index (χ2n) is 4.52. The Bertz CT molecular complexity index is 723. The van der Waals surface area contributed by atoms with E-state index in [1.54, 1.807) is 6.07 Å². The van der Waals surface area contributed by atoms with E-state index in [0.29, 0.717) is 23.4 Å². The second-order valence-corrected chi connectivity index (χ2v) is 4.52. The van der Waals surface area contributed by atoms with Crippen molar-refractivity contribution < 1.29 is 0 Å². The highest BCUT2D eigenvalue weighted by Crippen LogP contribution is 2.17. The van der Waals surface area contributed by atoms with Gasteiger partial charge in [-0.15, -0.1) is 0 Å². The maximum absolute atomic E-state index is 9.51. The second kappa shape index (κ2) is 6.62. The van der Waals surface area contributed by atoms with Crippen LogP contribution in [0.1, 0.15) is 19.4 Å². The van der Waals surface area contributed by atoms with Gasteiger partial charge in [0.05, 0.1) is 11.4 Å². The number of aromatic nitrogens is 1. The van der Waals surface area contributed by atoms with E-state index < -0.39 is 0 Å². The third-order valence-electron chi connectivity index (χ3n) is 3.14. The van der Waals surface area contributed by atoms with Crippen molar-refractivity contribution in [1.82, 2.24) is 4.57 Å². The maximum Gasteiger partial charge on any atom is 0.154 e. The number of hydrogen-bond acceptors (Lipinski definition) is 4. The highest BCUT2D eigenvalue weighted by atomic mass is 15.1. The van der Waals surface area contributed by atoms with E-state index in [4.69, 9.17) is 5.73 Å². The summed E-state index contributed by atoms with van der Waals surface area (Å²) in [7, 11) is 0. The van der Waals surface area contributed by atoms with E-state index in [-0.39, 0.29) is 0 Å². The van der Waals surface area contributed by atoms with E-state index >= 15 is 0 Å². The molecule has 1 aromatic carbocycles. The number of hydrogen-bond donors (Lipinski definition) is 2. The highest BCUT2D eigenvalue weighted by Gasteiger charge is 2.10. The van der Waals surface area contributed by atoms with Crippen molar-refractivity contribution in [3.05, 3.63) is 47.4 Å². The third-order valence-corrected chi connectivity index (χ3v) is 3.14. The van der Waals surface area contributed by atoms with Gasteiger partial charge in [-0.25, -0.2) is 4.99 Å². The van der Waals surface area contributed by atoms with Crippen LogP contribution in [0.5, 0.6) is 0 Å². The van der Waals surface area contributed by atoms with Gasteiger partial charge >= 0.3 is 0 Å². The molecule has 0 aliphatic carbocycles. The molecular formula is C16H19N5. The number of nitrogens with one attached hydrogen (secondary N) is 1. The Morgan fingerprint density at radius 3 is 2.57 bits per heavy atom. The molecule has 1 heterocycles. The third kappa shape index (κ3) is 3.06. The Labute approximate surface area is 124 Å². The van der Waals surface area contributed by atoms with Crippen molar-refractivity contribution in [3.63, 3.8) is 0 Å². The van der Waals surface area contributed by atoms with E-state index in [1.807, 2.05) is 48.7 Å². The molecule has 0 aliphatic rings. The lowest BCUT2D eigenvalue weighted by atomic mass is 10.2. The van der Waals surface area contributed by atoms with Crippen LogP contribution in [0.4, 0.5) is 17.2 Å². The van der Waals surface area contributed by atoms with Crippen LogP contribution in [0.25, 0.3) is 0 Å².